The molecule has 1 heterocycles. The zero-order valence-electron chi connectivity index (χ0n) is 23.1. The number of rotatable bonds is 10. The summed E-state index contributed by atoms with van der Waals surface area (Å²) in [6.07, 6.45) is 2.63. The van der Waals surface area contributed by atoms with Crippen molar-refractivity contribution in [3.63, 3.8) is 0 Å². The number of anilines is 1. The fourth-order valence-electron chi connectivity index (χ4n) is 4.82. The third-order valence-corrected chi connectivity index (χ3v) is 6.88. The molecule has 4 aromatic rings. The summed E-state index contributed by atoms with van der Waals surface area (Å²) in [7, 11) is 0. The lowest BCUT2D eigenvalue weighted by Crippen LogP contribution is -2.46. The number of nitrogens with zero attached hydrogens (tertiary/aromatic N) is 2. The van der Waals surface area contributed by atoms with Crippen LogP contribution in [0.1, 0.15) is 36.1 Å². The Balaban J connectivity index is 1.53. The normalized spacial score (nSPS) is 11.1. The number of carbonyl (C=O) groups excluding carboxylic acids is 2. The van der Waals surface area contributed by atoms with Crippen molar-refractivity contribution in [1.29, 1.82) is 0 Å². The van der Waals surface area contributed by atoms with E-state index < -0.39 is 0 Å². The first-order chi connectivity index (χ1) is 18.7. The van der Waals surface area contributed by atoms with Gasteiger partial charge in [0.1, 0.15) is 12.4 Å². The number of halogens is 1. The van der Waals surface area contributed by atoms with E-state index in [1.807, 2.05) is 70.3 Å². The summed E-state index contributed by atoms with van der Waals surface area (Å²) in [5, 5.41) is 4.16. The van der Waals surface area contributed by atoms with Gasteiger partial charge in [0.2, 0.25) is 5.91 Å². The van der Waals surface area contributed by atoms with Crippen LogP contribution in [-0.2, 0) is 17.8 Å². The Hall–Kier alpha value is -4.13. The van der Waals surface area contributed by atoms with Crippen LogP contribution in [0.2, 0.25) is 0 Å². The van der Waals surface area contributed by atoms with Crippen molar-refractivity contribution < 1.29 is 14.0 Å². The molecule has 0 aliphatic carbocycles. The first-order valence-electron chi connectivity index (χ1n) is 13.4. The molecule has 3 amide bonds. The molecule has 6 nitrogen and oxygen atoms in total. The molecule has 3 aromatic carbocycles. The van der Waals surface area contributed by atoms with Crippen LogP contribution in [0.4, 0.5) is 14.9 Å². The van der Waals surface area contributed by atoms with Crippen LogP contribution < -0.4 is 5.32 Å². The van der Waals surface area contributed by atoms with E-state index >= 15 is 0 Å². The monoisotopic (exact) mass is 528 g/mol. The van der Waals surface area contributed by atoms with E-state index in [1.165, 1.54) is 12.1 Å². The van der Waals surface area contributed by atoms with Crippen molar-refractivity contribution >= 4 is 28.5 Å². The van der Waals surface area contributed by atoms with Gasteiger partial charge in [-0.1, -0.05) is 62.4 Å². The maximum atomic E-state index is 13.7. The van der Waals surface area contributed by atoms with Gasteiger partial charge in [0.15, 0.2) is 0 Å². The molecule has 0 saturated heterocycles. The number of hydrogen-bond acceptors (Lipinski definition) is 2. The summed E-state index contributed by atoms with van der Waals surface area (Å²) in [6.45, 7) is 9.14. The largest absolute Gasteiger partial charge is 0.361 e. The first-order valence-corrected chi connectivity index (χ1v) is 13.4. The molecule has 0 fully saturated rings. The second-order valence-corrected chi connectivity index (χ2v) is 10.5. The Kier molecular flexibility index (Phi) is 9.02. The summed E-state index contributed by atoms with van der Waals surface area (Å²) in [6, 6.07) is 19.8. The molecule has 0 bridgehead atoms. The van der Waals surface area contributed by atoms with E-state index in [2.05, 4.69) is 16.4 Å². The molecule has 0 aliphatic rings. The molecule has 0 spiro atoms. The molecule has 0 aliphatic heterocycles. The number of fused-ring (bicyclic) bond motifs is 1. The minimum atomic E-state index is -0.318. The maximum Gasteiger partial charge on any atom is 0.322 e. The predicted molar refractivity (Wildman–Crippen MR) is 155 cm³/mol. The number of carbonyl (C=O) groups is 2. The van der Waals surface area contributed by atoms with Crippen LogP contribution >= 0.6 is 0 Å². The topological polar surface area (TPSA) is 68.4 Å². The highest BCUT2D eigenvalue weighted by molar-refractivity contribution is 5.93. The average Bonchev–Trinajstić information content (AvgIpc) is 3.32. The minimum Gasteiger partial charge on any atom is -0.361 e. The molecule has 7 heteroatoms. The molecule has 0 saturated carbocycles. The Labute approximate surface area is 229 Å². The molecular weight excluding hydrogens is 491 g/mol. The van der Waals surface area contributed by atoms with Crippen molar-refractivity contribution in [1.82, 2.24) is 14.8 Å². The van der Waals surface area contributed by atoms with Crippen molar-refractivity contribution in [2.45, 2.75) is 40.7 Å². The van der Waals surface area contributed by atoms with Gasteiger partial charge in [-0.05, 0) is 66.6 Å². The number of H-pyrrole nitrogens is 1. The first kappa shape index (κ1) is 27.9. The molecule has 0 radical (unpaired) electrons. The molecule has 4 rings (SSSR count). The Morgan fingerprint density at radius 1 is 0.923 bits per heavy atom. The van der Waals surface area contributed by atoms with Gasteiger partial charge < -0.3 is 20.1 Å². The zero-order chi connectivity index (χ0) is 27.9. The van der Waals surface area contributed by atoms with Crippen LogP contribution in [0.25, 0.3) is 10.9 Å². The van der Waals surface area contributed by atoms with E-state index in [0.29, 0.717) is 26.1 Å². The van der Waals surface area contributed by atoms with Crippen molar-refractivity contribution in [2.75, 3.05) is 25.0 Å². The maximum absolute atomic E-state index is 13.7. The molecule has 204 valence electrons. The van der Waals surface area contributed by atoms with Gasteiger partial charge in [-0.15, -0.1) is 0 Å². The lowest BCUT2D eigenvalue weighted by molar-refractivity contribution is -0.132. The van der Waals surface area contributed by atoms with Crippen molar-refractivity contribution in [3.8, 4) is 0 Å². The number of benzene rings is 3. The summed E-state index contributed by atoms with van der Waals surface area (Å²) in [5.74, 6) is -0.295. The fraction of sp³-hybridized carbons (Fsp3) is 0.312. The van der Waals surface area contributed by atoms with Gasteiger partial charge in [0, 0.05) is 42.4 Å². The van der Waals surface area contributed by atoms with E-state index in [4.69, 9.17) is 0 Å². The summed E-state index contributed by atoms with van der Waals surface area (Å²) < 4.78 is 13.5. The zero-order valence-corrected chi connectivity index (χ0v) is 23.1. The second kappa shape index (κ2) is 12.6. The SMILES string of the molecule is Cc1cccc(C)c1NC(=O)N(CC(=O)N(CCc1c[nH]c2ccccc12)Cc1ccc(F)cc1)CC(C)C. The van der Waals surface area contributed by atoms with E-state index in [-0.39, 0.29) is 30.2 Å². The van der Waals surface area contributed by atoms with Crippen LogP contribution in [0.15, 0.2) is 72.9 Å². The number of hydrogen-bond donors (Lipinski definition) is 2. The number of aromatic nitrogens is 1. The summed E-state index contributed by atoms with van der Waals surface area (Å²) in [4.78, 5) is 33.8. The van der Waals surface area contributed by atoms with Crippen LogP contribution in [0.5, 0.6) is 0 Å². The van der Waals surface area contributed by atoms with E-state index in [1.54, 1.807) is 21.9 Å². The Morgan fingerprint density at radius 2 is 1.62 bits per heavy atom. The summed E-state index contributed by atoms with van der Waals surface area (Å²) >= 11 is 0. The number of amides is 3. The molecule has 0 unspecified atom stereocenters. The number of aromatic amines is 1. The molecule has 2 N–H and O–H groups in total. The molecule has 39 heavy (non-hydrogen) atoms. The van der Waals surface area contributed by atoms with Gasteiger partial charge >= 0.3 is 6.03 Å². The third kappa shape index (κ3) is 7.25. The van der Waals surface area contributed by atoms with Crippen molar-refractivity contribution in [3.05, 3.63) is 101 Å². The minimum absolute atomic E-state index is 0.0516. The molecule has 0 atom stereocenters. The highest BCUT2D eigenvalue weighted by Crippen LogP contribution is 2.21. The lowest BCUT2D eigenvalue weighted by Gasteiger charge is -2.29. The lowest BCUT2D eigenvalue weighted by atomic mass is 10.1. The van der Waals surface area contributed by atoms with E-state index in [9.17, 15) is 14.0 Å². The van der Waals surface area contributed by atoms with Crippen molar-refractivity contribution in [2.24, 2.45) is 5.92 Å². The van der Waals surface area contributed by atoms with Gasteiger partial charge in [-0.25, -0.2) is 9.18 Å². The number of para-hydroxylation sites is 2. The number of nitrogens with one attached hydrogen (secondary N) is 2. The van der Waals surface area contributed by atoms with Crippen LogP contribution in [-0.4, -0.2) is 46.4 Å². The third-order valence-electron chi connectivity index (χ3n) is 6.88. The quantitative estimate of drug-likeness (QED) is 0.241. The summed E-state index contributed by atoms with van der Waals surface area (Å²) in [5.41, 5.74) is 5.71. The molecule has 1 aromatic heterocycles. The van der Waals surface area contributed by atoms with Gasteiger partial charge in [0.05, 0.1) is 0 Å². The highest BCUT2D eigenvalue weighted by atomic mass is 19.1. The Morgan fingerprint density at radius 3 is 2.31 bits per heavy atom. The average molecular weight is 529 g/mol. The fourth-order valence-corrected chi connectivity index (χ4v) is 4.82. The standard InChI is InChI=1S/C32H37FN4O2/c1-22(2)19-37(32(39)35-31-23(3)8-7-9-24(31)4)21-30(38)36(20-25-12-14-27(33)15-13-25)17-16-26-18-34-29-11-6-5-10-28(26)29/h5-15,18,22,34H,16-17,19-21H2,1-4H3,(H,35,39). The number of urea groups is 1. The number of aryl methyl sites for hydroxylation is 2. The second-order valence-electron chi connectivity index (χ2n) is 10.5. The van der Waals surface area contributed by atoms with Crippen LogP contribution in [0, 0.1) is 25.6 Å². The molecular formula is C32H37FN4O2. The highest BCUT2D eigenvalue weighted by Gasteiger charge is 2.23. The van der Waals surface area contributed by atoms with Crippen LogP contribution in [0.3, 0.4) is 0 Å². The smallest absolute Gasteiger partial charge is 0.322 e. The van der Waals surface area contributed by atoms with Gasteiger partial charge in [-0.3, -0.25) is 4.79 Å². The Bertz CT molecular complexity index is 1410. The van der Waals surface area contributed by atoms with E-state index in [0.717, 1.165) is 38.8 Å². The predicted octanol–water partition coefficient (Wildman–Crippen LogP) is 6.69. The van der Waals surface area contributed by atoms with Gasteiger partial charge in [-0.2, -0.15) is 0 Å². The van der Waals surface area contributed by atoms with Gasteiger partial charge in [0.25, 0.3) is 0 Å².